The Morgan fingerprint density at radius 3 is 3.11 bits per heavy atom. The topological polar surface area (TPSA) is 80.5 Å². The van der Waals surface area contributed by atoms with Crippen LogP contribution in [0.3, 0.4) is 0 Å². The second-order valence-corrected chi connectivity index (χ2v) is 5.98. The molecule has 0 spiro atoms. The number of ether oxygens (including phenoxy) is 1. The third-order valence-corrected chi connectivity index (χ3v) is 4.04. The number of furan rings is 1. The van der Waals surface area contributed by atoms with E-state index in [2.05, 4.69) is 15.0 Å². The number of aromatic nitrogens is 2. The number of hydrogen-bond acceptors (Lipinski definition) is 5. The number of carbonyl (C=O) groups excluding carboxylic acids is 1. The van der Waals surface area contributed by atoms with Gasteiger partial charge in [-0.1, -0.05) is 12.1 Å². The second kappa shape index (κ2) is 7.70. The predicted octanol–water partition coefficient (Wildman–Crippen LogP) is 3.89. The Morgan fingerprint density at radius 1 is 1.26 bits per heavy atom. The van der Waals surface area contributed by atoms with Crippen LogP contribution < -0.4 is 4.74 Å². The van der Waals surface area contributed by atoms with E-state index in [9.17, 15) is 4.79 Å². The lowest BCUT2D eigenvalue weighted by molar-refractivity contribution is -0.119. The highest BCUT2D eigenvalue weighted by molar-refractivity contribution is 5.90. The van der Waals surface area contributed by atoms with E-state index in [1.165, 1.54) is 0 Å². The Morgan fingerprint density at radius 2 is 2.22 bits per heavy atom. The zero-order valence-electron chi connectivity index (χ0n) is 14.5. The third kappa shape index (κ3) is 3.95. The first-order valence-corrected chi connectivity index (χ1v) is 8.49. The van der Waals surface area contributed by atoms with E-state index in [1.54, 1.807) is 43.1 Å². The molecule has 0 saturated carbocycles. The van der Waals surface area contributed by atoms with Crippen molar-refractivity contribution in [2.45, 2.75) is 0 Å². The van der Waals surface area contributed by atoms with E-state index in [0.717, 1.165) is 22.0 Å². The van der Waals surface area contributed by atoms with Gasteiger partial charge in [0.2, 0.25) is 0 Å². The molecule has 4 rings (SSSR count). The zero-order valence-corrected chi connectivity index (χ0v) is 14.5. The van der Waals surface area contributed by atoms with E-state index >= 15 is 0 Å². The van der Waals surface area contributed by atoms with Crippen molar-refractivity contribution in [3.8, 4) is 17.0 Å². The summed E-state index contributed by atoms with van der Waals surface area (Å²) in [6.45, 7) is -0.00633. The average molecular weight is 359 g/mol. The molecular weight excluding hydrogens is 342 g/mol. The summed E-state index contributed by atoms with van der Waals surface area (Å²) >= 11 is 0. The van der Waals surface area contributed by atoms with Gasteiger partial charge in [0.05, 0.1) is 12.5 Å². The first-order chi connectivity index (χ1) is 13.3. The third-order valence-electron chi connectivity index (χ3n) is 4.04. The van der Waals surface area contributed by atoms with Crippen molar-refractivity contribution in [2.24, 2.45) is 4.99 Å². The highest BCUT2D eigenvalue weighted by Crippen LogP contribution is 2.27. The molecule has 6 heteroatoms. The quantitative estimate of drug-likeness (QED) is 0.508. The minimum absolute atomic E-state index is 0.0596. The van der Waals surface area contributed by atoms with E-state index in [4.69, 9.17) is 9.15 Å². The van der Waals surface area contributed by atoms with Crippen LogP contribution in [0.2, 0.25) is 0 Å². The lowest BCUT2D eigenvalue weighted by Gasteiger charge is -2.08. The number of nitrogens with one attached hydrogen (secondary N) is 1. The highest BCUT2D eigenvalue weighted by atomic mass is 16.5. The summed E-state index contributed by atoms with van der Waals surface area (Å²) in [6.07, 6.45) is 8.41. The predicted molar refractivity (Wildman–Crippen MR) is 103 cm³/mol. The van der Waals surface area contributed by atoms with Crippen molar-refractivity contribution in [3.63, 3.8) is 0 Å². The minimum Gasteiger partial charge on any atom is -0.483 e. The molecule has 1 aromatic carbocycles. The van der Waals surface area contributed by atoms with Gasteiger partial charge in [0.1, 0.15) is 24.6 Å². The molecule has 3 aromatic heterocycles. The maximum Gasteiger partial charge on any atom is 0.191 e. The van der Waals surface area contributed by atoms with Gasteiger partial charge in [-0.05, 0) is 41.3 Å². The van der Waals surface area contributed by atoms with E-state index in [-0.39, 0.29) is 18.9 Å². The van der Waals surface area contributed by atoms with Gasteiger partial charge in [-0.2, -0.15) is 0 Å². The van der Waals surface area contributed by atoms with Gasteiger partial charge in [-0.3, -0.25) is 14.8 Å². The van der Waals surface area contributed by atoms with Gasteiger partial charge in [0.15, 0.2) is 5.78 Å². The van der Waals surface area contributed by atoms with Crippen LogP contribution in [0.4, 0.5) is 0 Å². The molecule has 0 aliphatic heterocycles. The van der Waals surface area contributed by atoms with Gasteiger partial charge in [-0.15, -0.1) is 0 Å². The van der Waals surface area contributed by atoms with Crippen molar-refractivity contribution < 1.29 is 13.9 Å². The number of aromatic amines is 1. The van der Waals surface area contributed by atoms with E-state index in [0.29, 0.717) is 11.4 Å². The summed E-state index contributed by atoms with van der Waals surface area (Å²) in [6, 6.07) is 13.3. The summed E-state index contributed by atoms with van der Waals surface area (Å²) in [4.78, 5) is 23.8. The summed E-state index contributed by atoms with van der Waals surface area (Å²) in [7, 11) is 0. The van der Waals surface area contributed by atoms with Crippen LogP contribution in [0, 0.1) is 0 Å². The summed E-state index contributed by atoms with van der Waals surface area (Å²) in [5, 5.41) is 1.14. The number of nitrogens with zero attached hydrogens (tertiary/aromatic N) is 2. The molecule has 6 nitrogen and oxygen atoms in total. The Bertz CT molecular complexity index is 1080. The first-order valence-electron chi connectivity index (χ1n) is 8.49. The molecule has 0 unspecified atom stereocenters. The second-order valence-electron chi connectivity index (χ2n) is 5.98. The van der Waals surface area contributed by atoms with Crippen LogP contribution in [-0.4, -0.2) is 35.1 Å². The standard InChI is InChI=1S/C21H17N3O3/c25-18(12-22-11-15-3-4-16-5-8-23-19(16)10-15)14-27-20-2-1-7-24-21(20)17-6-9-26-13-17/h1-11,13,23H,12,14H2. The van der Waals surface area contributed by atoms with Crippen molar-refractivity contribution in [1.82, 2.24) is 9.97 Å². The van der Waals surface area contributed by atoms with Crippen LogP contribution >= 0.6 is 0 Å². The number of benzene rings is 1. The average Bonchev–Trinajstić information content (AvgIpc) is 3.38. The maximum atomic E-state index is 12.1. The lowest BCUT2D eigenvalue weighted by atomic mass is 10.2. The minimum atomic E-state index is -0.116. The number of fused-ring (bicyclic) bond motifs is 1. The van der Waals surface area contributed by atoms with Crippen LogP contribution in [-0.2, 0) is 4.79 Å². The summed E-state index contributed by atoms with van der Waals surface area (Å²) in [5.74, 6) is 0.419. The van der Waals surface area contributed by atoms with Gasteiger partial charge < -0.3 is 14.1 Å². The van der Waals surface area contributed by atoms with Crippen LogP contribution in [0.1, 0.15) is 5.56 Å². The monoisotopic (exact) mass is 359 g/mol. The molecule has 3 heterocycles. The number of carbonyl (C=O) groups is 1. The van der Waals surface area contributed by atoms with Gasteiger partial charge in [-0.25, -0.2) is 0 Å². The van der Waals surface area contributed by atoms with Crippen molar-refractivity contribution in [2.75, 3.05) is 13.2 Å². The molecule has 134 valence electrons. The molecule has 1 N–H and O–H groups in total. The largest absolute Gasteiger partial charge is 0.483 e. The van der Waals surface area contributed by atoms with Gasteiger partial charge >= 0.3 is 0 Å². The SMILES string of the molecule is O=C(CN=Cc1ccc2cc[nH]c2c1)COc1cccnc1-c1ccoc1. The van der Waals surface area contributed by atoms with Gasteiger partial charge in [0.25, 0.3) is 0 Å². The number of H-pyrrole nitrogens is 1. The number of aliphatic imine (C=N–C) groups is 1. The van der Waals surface area contributed by atoms with Crippen molar-refractivity contribution in [3.05, 3.63) is 72.9 Å². The molecular formula is C21H17N3O3. The fourth-order valence-corrected chi connectivity index (χ4v) is 2.73. The van der Waals surface area contributed by atoms with E-state index in [1.807, 2.05) is 30.5 Å². The molecule has 0 saturated heterocycles. The maximum absolute atomic E-state index is 12.1. The molecule has 0 amide bonds. The summed E-state index contributed by atoms with van der Waals surface area (Å²) in [5.41, 5.74) is 3.42. The summed E-state index contributed by atoms with van der Waals surface area (Å²) < 4.78 is 10.7. The number of rotatable bonds is 7. The Kier molecular flexibility index (Phi) is 4.78. The van der Waals surface area contributed by atoms with E-state index < -0.39 is 0 Å². The number of ketones is 1. The highest BCUT2D eigenvalue weighted by Gasteiger charge is 2.10. The van der Waals surface area contributed by atoms with Crippen molar-refractivity contribution >= 4 is 22.9 Å². The van der Waals surface area contributed by atoms with Crippen LogP contribution in [0.5, 0.6) is 5.75 Å². The molecule has 0 fully saturated rings. The molecule has 27 heavy (non-hydrogen) atoms. The number of pyridine rings is 1. The lowest BCUT2D eigenvalue weighted by Crippen LogP contribution is -2.14. The Labute approximate surface area is 155 Å². The first kappa shape index (κ1) is 16.8. The Balaban J connectivity index is 1.35. The molecule has 4 aromatic rings. The molecule has 0 atom stereocenters. The molecule has 0 radical (unpaired) electrons. The molecule has 0 aliphatic carbocycles. The molecule has 0 aliphatic rings. The van der Waals surface area contributed by atoms with Crippen molar-refractivity contribution in [1.29, 1.82) is 0 Å². The smallest absolute Gasteiger partial charge is 0.191 e. The van der Waals surface area contributed by atoms with Crippen LogP contribution in [0.25, 0.3) is 22.2 Å². The fourth-order valence-electron chi connectivity index (χ4n) is 2.73. The number of Topliss-reactive ketones (excluding diaryl/α,β-unsaturated/α-hetero) is 1. The fraction of sp³-hybridized carbons (Fsp3) is 0.0952. The van der Waals surface area contributed by atoms with Crippen LogP contribution in [0.15, 0.2) is 76.8 Å². The zero-order chi connectivity index (χ0) is 18.5. The Hall–Kier alpha value is -3.67. The molecule has 0 bridgehead atoms. The normalized spacial score (nSPS) is 11.3. The number of hydrogen-bond donors (Lipinski definition) is 1. The van der Waals surface area contributed by atoms with Gasteiger partial charge in [0, 0.05) is 29.7 Å².